The summed E-state index contributed by atoms with van der Waals surface area (Å²) in [6, 6.07) is 3.56. The van der Waals surface area contributed by atoms with Gasteiger partial charge in [-0.3, -0.25) is 0 Å². The highest BCUT2D eigenvalue weighted by Gasteiger charge is 2.31. The van der Waals surface area contributed by atoms with Gasteiger partial charge in [0.2, 0.25) is 0 Å². The fourth-order valence-electron chi connectivity index (χ4n) is 1.34. The van der Waals surface area contributed by atoms with E-state index in [4.69, 9.17) is 10.4 Å². The van der Waals surface area contributed by atoms with Crippen molar-refractivity contribution >= 4 is 17.7 Å². The molecule has 0 amide bonds. The Morgan fingerprint density at radius 2 is 2.16 bits per heavy atom. The van der Waals surface area contributed by atoms with Crippen LogP contribution in [0.15, 0.2) is 17.0 Å². The zero-order valence-corrected chi connectivity index (χ0v) is 10.4. The van der Waals surface area contributed by atoms with Crippen LogP contribution in [0, 0.1) is 11.3 Å². The van der Waals surface area contributed by atoms with Gasteiger partial charge >= 0.3 is 11.5 Å². The number of thioether (sulfide) groups is 1. The summed E-state index contributed by atoms with van der Waals surface area (Å²) in [4.78, 5) is 11.1. The van der Waals surface area contributed by atoms with Crippen LogP contribution >= 0.6 is 11.8 Å². The molecule has 0 bridgehead atoms. The van der Waals surface area contributed by atoms with Crippen molar-refractivity contribution in [3.05, 3.63) is 28.8 Å². The van der Waals surface area contributed by atoms with Gasteiger partial charge in [0.15, 0.2) is 0 Å². The summed E-state index contributed by atoms with van der Waals surface area (Å²) in [6.07, 6.45) is 0. The third-order valence-corrected chi connectivity index (χ3v) is 2.95. The Morgan fingerprint density at radius 3 is 2.58 bits per heavy atom. The molecule has 0 aliphatic carbocycles. The van der Waals surface area contributed by atoms with E-state index in [1.807, 2.05) is 0 Å². The van der Waals surface area contributed by atoms with Crippen LogP contribution in [0.5, 0.6) is 0 Å². The quantitative estimate of drug-likeness (QED) is 0.684. The molecule has 1 rings (SSSR count). The van der Waals surface area contributed by atoms with Crippen LogP contribution < -0.4 is 0 Å². The van der Waals surface area contributed by atoms with Crippen molar-refractivity contribution < 1.29 is 27.8 Å². The predicted octanol–water partition coefficient (Wildman–Crippen LogP) is 2.45. The van der Waals surface area contributed by atoms with Crippen LogP contribution in [0.1, 0.15) is 21.5 Å². The number of esters is 1. The standard InChI is InChI=1S/C11H8F3NO3S/c1-18-10(17)8-2-7(5-16)9(3-6(8)4-15)19-11(12,13)14/h2-3,16H,5H2,1H3. The fourth-order valence-corrected chi connectivity index (χ4v) is 2.02. The molecule has 1 aromatic carbocycles. The number of halogens is 3. The molecule has 0 spiro atoms. The van der Waals surface area contributed by atoms with E-state index in [0.717, 1.165) is 19.2 Å². The molecular weight excluding hydrogens is 283 g/mol. The van der Waals surface area contributed by atoms with E-state index in [-0.39, 0.29) is 21.6 Å². The lowest BCUT2D eigenvalue weighted by Gasteiger charge is -2.12. The van der Waals surface area contributed by atoms with Crippen LogP contribution in [0.3, 0.4) is 0 Å². The van der Waals surface area contributed by atoms with Crippen molar-refractivity contribution in [3.8, 4) is 6.07 Å². The van der Waals surface area contributed by atoms with Crippen molar-refractivity contribution in [3.63, 3.8) is 0 Å². The van der Waals surface area contributed by atoms with Gasteiger partial charge in [0.25, 0.3) is 0 Å². The molecule has 1 N–H and O–H groups in total. The molecule has 0 atom stereocenters. The number of methoxy groups -OCH3 is 1. The molecule has 4 nitrogen and oxygen atoms in total. The molecule has 8 heteroatoms. The molecule has 0 aromatic heterocycles. The minimum absolute atomic E-state index is 0.0956. The SMILES string of the molecule is COC(=O)c1cc(CO)c(SC(F)(F)F)cc1C#N. The molecule has 0 unspecified atom stereocenters. The topological polar surface area (TPSA) is 70.3 Å². The second-order valence-electron chi connectivity index (χ2n) is 3.31. The van der Waals surface area contributed by atoms with E-state index in [1.54, 1.807) is 6.07 Å². The maximum Gasteiger partial charge on any atom is 0.446 e. The van der Waals surface area contributed by atoms with Crippen LogP contribution in [-0.2, 0) is 11.3 Å². The lowest BCUT2D eigenvalue weighted by molar-refractivity contribution is -0.0328. The van der Waals surface area contributed by atoms with Crippen LogP contribution in [0.2, 0.25) is 0 Å². The zero-order chi connectivity index (χ0) is 14.6. The predicted molar refractivity (Wildman–Crippen MR) is 60.3 cm³/mol. The molecule has 0 aliphatic rings. The van der Waals surface area contributed by atoms with Gasteiger partial charge < -0.3 is 9.84 Å². The van der Waals surface area contributed by atoms with Crippen molar-refractivity contribution in [2.45, 2.75) is 17.0 Å². The summed E-state index contributed by atoms with van der Waals surface area (Å²) >= 11 is -0.454. The maximum atomic E-state index is 12.3. The van der Waals surface area contributed by atoms with E-state index in [0.29, 0.717) is 0 Å². The highest BCUT2D eigenvalue weighted by molar-refractivity contribution is 8.00. The Morgan fingerprint density at radius 1 is 1.53 bits per heavy atom. The van der Waals surface area contributed by atoms with E-state index in [1.165, 1.54) is 0 Å². The summed E-state index contributed by atoms with van der Waals surface area (Å²) in [5, 5.41) is 17.9. The van der Waals surface area contributed by atoms with Crippen LogP contribution in [-0.4, -0.2) is 23.7 Å². The van der Waals surface area contributed by atoms with Crippen molar-refractivity contribution in [2.75, 3.05) is 7.11 Å². The second kappa shape index (κ2) is 5.95. The van der Waals surface area contributed by atoms with Crippen molar-refractivity contribution in [1.29, 1.82) is 5.26 Å². The lowest BCUT2D eigenvalue weighted by Crippen LogP contribution is -2.08. The van der Waals surface area contributed by atoms with Crippen molar-refractivity contribution in [1.82, 2.24) is 0 Å². The van der Waals surface area contributed by atoms with Gasteiger partial charge in [-0.15, -0.1) is 0 Å². The number of benzene rings is 1. The monoisotopic (exact) mass is 291 g/mol. The summed E-state index contributed by atoms with van der Waals surface area (Å²) in [6.45, 7) is -0.686. The minimum atomic E-state index is -4.55. The molecule has 102 valence electrons. The minimum Gasteiger partial charge on any atom is -0.465 e. The fraction of sp³-hybridized carbons (Fsp3) is 0.273. The van der Waals surface area contributed by atoms with Gasteiger partial charge in [0.1, 0.15) is 6.07 Å². The van der Waals surface area contributed by atoms with Gasteiger partial charge in [-0.05, 0) is 29.5 Å². The number of carbonyl (C=O) groups excluding carboxylic acids is 1. The second-order valence-corrected chi connectivity index (χ2v) is 4.42. The Balaban J connectivity index is 3.36. The Hall–Kier alpha value is -1.72. The van der Waals surface area contributed by atoms with Crippen LogP contribution in [0.4, 0.5) is 13.2 Å². The van der Waals surface area contributed by atoms with Crippen LogP contribution in [0.25, 0.3) is 0 Å². The number of aliphatic hydroxyl groups is 1. The van der Waals surface area contributed by atoms with E-state index < -0.39 is 29.8 Å². The number of hydrogen-bond donors (Lipinski definition) is 1. The molecule has 0 aliphatic heterocycles. The van der Waals surface area contributed by atoms with Gasteiger partial charge in [0, 0.05) is 4.90 Å². The third kappa shape index (κ3) is 3.87. The molecule has 0 heterocycles. The molecule has 0 fully saturated rings. The summed E-state index contributed by atoms with van der Waals surface area (Å²) in [5.41, 5.74) is -5.07. The number of nitriles is 1. The molecule has 1 aromatic rings. The Bertz CT molecular complexity index is 537. The first-order chi connectivity index (χ1) is 8.82. The number of rotatable bonds is 3. The van der Waals surface area contributed by atoms with Gasteiger partial charge in [-0.25, -0.2) is 4.79 Å². The summed E-state index contributed by atoms with van der Waals surface area (Å²) in [7, 11) is 1.08. The maximum absolute atomic E-state index is 12.3. The number of carbonyl (C=O) groups is 1. The van der Waals surface area contributed by atoms with Crippen molar-refractivity contribution in [2.24, 2.45) is 0 Å². The summed E-state index contributed by atoms with van der Waals surface area (Å²) in [5.74, 6) is -0.852. The first-order valence-electron chi connectivity index (χ1n) is 4.84. The third-order valence-electron chi connectivity index (χ3n) is 2.12. The summed E-state index contributed by atoms with van der Waals surface area (Å²) < 4.78 is 41.4. The van der Waals surface area contributed by atoms with E-state index >= 15 is 0 Å². The van der Waals surface area contributed by atoms with Gasteiger partial charge in [-0.1, -0.05) is 0 Å². The number of hydrogen-bond acceptors (Lipinski definition) is 5. The Labute approximate surface area is 110 Å². The lowest BCUT2D eigenvalue weighted by atomic mass is 10.0. The van der Waals surface area contributed by atoms with E-state index in [9.17, 15) is 18.0 Å². The first kappa shape index (κ1) is 15.3. The zero-order valence-electron chi connectivity index (χ0n) is 9.61. The van der Waals surface area contributed by atoms with Gasteiger partial charge in [-0.2, -0.15) is 18.4 Å². The number of ether oxygens (including phenoxy) is 1. The Kier molecular flexibility index (Phi) is 4.80. The highest BCUT2D eigenvalue weighted by Crippen LogP contribution is 2.39. The molecule has 0 radical (unpaired) electrons. The molecule has 0 saturated heterocycles. The average molecular weight is 291 g/mol. The molecular formula is C11H8F3NO3S. The van der Waals surface area contributed by atoms with Gasteiger partial charge in [0.05, 0.1) is 24.8 Å². The number of aliphatic hydroxyl groups excluding tert-OH is 1. The first-order valence-corrected chi connectivity index (χ1v) is 5.66. The molecule has 19 heavy (non-hydrogen) atoms. The highest BCUT2D eigenvalue weighted by atomic mass is 32.2. The largest absolute Gasteiger partial charge is 0.465 e. The number of alkyl halides is 3. The number of nitrogens with zero attached hydrogens (tertiary/aromatic N) is 1. The smallest absolute Gasteiger partial charge is 0.446 e. The van der Waals surface area contributed by atoms with E-state index in [2.05, 4.69) is 4.74 Å². The normalized spacial score (nSPS) is 10.9. The molecule has 0 saturated carbocycles. The average Bonchev–Trinajstić information content (AvgIpc) is 2.35.